The first-order chi connectivity index (χ1) is 8.81. The summed E-state index contributed by atoms with van der Waals surface area (Å²) in [7, 11) is 1.87. The van der Waals surface area contributed by atoms with Crippen LogP contribution in [0.25, 0.3) is 22.3 Å². The van der Waals surface area contributed by atoms with Gasteiger partial charge in [-0.05, 0) is 0 Å². The highest BCUT2D eigenvalue weighted by Crippen LogP contribution is 2.27. The van der Waals surface area contributed by atoms with Gasteiger partial charge in [0.2, 0.25) is 0 Å². The van der Waals surface area contributed by atoms with Crippen LogP contribution in [-0.2, 0) is 7.05 Å². The second-order valence-corrected chi connectivity index (χ2v) is 4.10. The van der Waals surface area contributed by atoms with Crippen LogP contribution in [0.3, 0.4) is 0 Å². The Hall–Kier alpha value is -2.49. The van der Waals surface area contributed by atoms with Crippen molar-refractivity contribution < 1.29 is 4.79 Å². The molecule has 0 spiro atoms. The zero-order chi connectivity index (χ0) is 12.5. The van der Waals surface area contributed by atoms with Crippen molar-refractivity contribution in [1.82, 2.24) is 14.5 Å². The van der Waals surface area contributed by atoms with Gasteiger partial charge in [0.25, 0.3) is 0 Å². The van der Waals surface area contributed by atoms with Crippen molar-refractivity contribution in [3.05, 3.63) is 48.4 Å². The Balaban J connectivity index is 2.40. The molecule has 2 aromatic heterocycles. The molecule has 0 aliphatic heterocycles. The normalized spacial score (nSPS) is 10.7. The maximum atomic E-state index is 11.1. The molecule has 3 aromatic rings. The van der Waals surface area contributed by atoms with Crippen LogP contribution < -0.4 is 0 Å². The van der Waals surface area contributed by atoms with E-state index in [4.69, 9.17) is 0 Å². The van der Waals surface area contributed by atoms with Gasteiger partial charge in [-0.2, -0.15) is 0 Å². The monoisotopic (exact) mass is 237 g/mol. The molecule has 3 rings (SSSR count). The highest BCUT2D eigenvalue weighted by molar-refractivity contribution is 6.03. The third-order valence-electron chi connectivity index (χ3n) is 2.96. The van der Waals surface area contributed by atoms with Gasteiger partial charge in [0.05, 0.1) is 11.1 Å². The van der Waals surface area contributed by atoms with E-state index in [-0.39, 0.29) is 0 Å². The third-order valence-corrected chi connectivity index (χ3v) is 2.96. The minimum Gasteiger partial charge on any atom is -0.335 e. The molecule has 0 bridgehead atoms. The Labute approximate surface area is 104 Å². The van der Waals surface area contributed by atoms with Crippen molar-refractivity contribution in [2.24, 2.45) is 7.05 Å². The number of aldehydes is 1. The van der Waals surface area contributed by atoms with Crippen molar-refractivity contribution in [2.75, 3.05) is 0 Å². The Morgan fingerprint density at radius 2 is 1.94 bits per heavy atom. The fourth-order valence-electron chi connectivity index (χ4n) is 2.15. The number of benzene rings is 1. The molecule has 0 saturated heterocycles. The van der Waals surface area contributed by atoms with E-state index >= 15 is 0 Å². The molecule has 4 nitrogen and oxygen atoms in total. The minimum absolute atomic E-state index is 0.618. The second kappa shape index (κ2) is 4.07. The van der Waals surface area contributed by atoms with Gasteiger partial charge in [-0.15, -0.1) is 0 Å². The summed E-state index contributed by atoms with van der Waals surface area (Å²) in [5.41, 5.74) is 3.17. The largest absolute Gasteiger partial charge is 0.335 e. The van der Waals surface area contributed by atoms with Crippen LogP contribution in [0.2, 0.25) is 0 Å². The number of rotatable bonds is 2. The number of nitrogens with zero attached hydrogens (tertiary/aromatic N) is 3. The van der Waals surface area contributed by atoms with Crippen molar-refractivity contribution in [3.63, 3.8) is 0 Å². The van der Waals surface area contributed by atoms with Crippen LogP contribution in [0.4, 0.5) is 0 Å². The van der Waals surface area contributed by atoms with Crippen LogP contribution in [0.15, 0.2) is 42.9 Å². The average Bonchev–Trinajstić information content (AvgIpc) is 2.77. The van der Waals surface area contributed by atoms with Gasteiger partial charge in [0.1, 0.15) is 12.0 Å². The number of hydrogen-bond acceptors (Lipinski definition) is 3. The zero-order valence-corrected chi connectivity index (χ0v) is 9.87. The van der Waals surface area contributed by atoms with Crippen LogP contribution in [0, 0.1) is 0 Å². The molecule has 0 radical (unpaired) electrons. The summed E-state index contributed by atoms with van der Waals surface area (Å²) in [4.78, 5) is 19.7. The molecule has 88 valence electrons. The van der Waals surface area contributed by atoms with Crippen molar-refractivity contribution in [2.45, 2.75) is 0 Å². The first kappa shape index (κ1) is 10.7. The molecule has 0 unspecified atom stereocenters. The maximum Gasteiger partial charge on any atom is 0.152 e. The van der Waals surface area contributed by atoms with Gasteiger partial charge in [-0.25, -0.2) is 9.97 Å². The topological polar surface area (TPSA) is 47.8 Å². The molecule has 0 aliphatic rings. The van der Waals surface area contributed by atoms with E-state index in [0.29, 0.717) is 5.56 Å². The van der Waals surface area contributed by atoms with Crippen LogP contribution in [0.5, 0.6) is 0 Å². The first-order valence-electron chi connectivity index (χ1n) is 5.62. The number of carbonyl (C=O) groups is 1. The van der Waals surface area contributed by atoms with E-state index in [0.717, 1.165) is 28.6 Å². The lowest BCUT2D eigenvalue weighted by atomic mass is 10.1. The van der Waals surface area contributed by atoms with Gasteiger partial charge < -0.3 is 4.57 Å². The number of aryl methyl sites for hydroxylation is 1. The first-order valence-corrected chi connectivity index (χ1v) is 5.62. The summed E-state index contributed by atoms with van der Waals surface area (Å²) >= 11 is 0. The predicted octanol–water partition coefficient (Wildman–Crippen LogP) is 2.45. The number of hydrogen-bond donors (Lipinski definition) is 0. The molecular formula is C14H11N3O. The summed E-state index contributed by atoms with van der Waals surface area (Å²) in [6.45, 7) is 0. The lowest BCUT2D eigenvalue weighted by Crippen LogP contribution is -1.91. The molecule has 0 fully saturated rings. The SMILES string of the molecule is Cn1cc(C=O)c2c(-c3ccccc3)ncnc21. The minimum atomic E-state index is 0.618. The molecule has 0 saturated carbocycles. The lowest BCUT2D eigenvalue weighted by molar-refractivity contribution is 0.112. The Morgan fingerprint density at radius 1 is 1.17 bits per heavy atom. The van der Waals surface area contributed by atoms with E-state index in [1.165, 1.54) is 6.33 Å². The van der Waals surface area contributed by atoms with Gasteiger partial charge in [0, 0.05) is 24.4 Å². The van der Waals surface area contributed by atoms with Crippen LogP contribution in [0.1, 0.15) is 10.4 Å². The van der Waals surface area contributed by atoms with Gasteiger partial charge >= 0.3 is 0 Å². The molecule has 4 heteroatoms. The van der Waals surface area contributed by atoms with E-state index in [2.05, 4.69) is 9.97 Å². The maximum absolute atomic E-state index is 11.1. The lowest BCUT2D eigenvalue weighted by Gasteiger charge is -2.03. The van der Waals surface area contributed by atoms with E-state index in [1.54, 1.807) is 6.20 Å². The quantitative estimate of drug-likeness (QED) is 0.643. The molecule has 18 heavy (non-hydrogen) atoms. The Morgan fingerprint density at radius 3 is 2.67 bits per heavy atom. The highest BCUT2D eigenvalue weighted by Gasteiger charge is 2.13. The van der Waals surface area contributed by atoms with E-state index in [1.807, 2.05) is 41.9 Å². The Bertz CT molecular complexity index is 716. The van der Waals surface area contributed by atoms with E-state index in [9.17, 15) is 4.79 Å². The standard InChI is InChI=1S/C14H11N3O/c1-17-7-11(8-18)12-13(15-9-16-14(12)17)10-5-3-2-4-6-10/h2-9H,1H3. The second-order valence-electron chi connectivity index (χ2n) is 4.10. The fourth-order valence-corrected chi connectivity index (χ4v) is 2.15. The molecular weight excluding hydrogens is 226 g/mol. The molecule has 0 amide bonds. The van der Waals surface area contributed by atoms with Crippen molar-refractivity contribution >= 4 is 17.3 Å². The van der Waals surface area contributed by atoms with Crippen LogP contribution in [-0.4, -0.2) is 20.8 Å². The summed E-state index contributed by atoms with van der Waals surface area (Å²) in [6.07, 6.45) is 4.15. The summed E-state index contributed by atoms with van der Waals surface area (Å²) in [5.74, 6) is 0. The predicted molar refractivity (Wildman–Crippen MR) is 69.3 cm³/mol. The average molecular weight is 237 g/mol. The highest BCUT2D eigenvalue weighted by atomic mass is 16.1. The summed E-state index contributed by atoms with van der Waals surface area (Å²) in [5, 5.41) is 0.807. The molecule has 2 heterocycles. The smallest absolute Gasteiger partial charge is 0.152 e. The Kier molecular flexibility index (Phi) is 2.41. The molecule has 1 aromatic carbocycles. The van der Waals surface area contributed by atoms with Gasteiger partial charge in [-0.3, -0.25) is 4.79 Å². The molecule has 0 atom stereocenters. The van der Waals surface area contributed by atoms with E-state index < -0.39 is 0 Å². The van der Waals surface area contributed by atoms with Crippen LogP contribution >= 0.6 is 0 Å². The molecule has 0 N–H and O–H groups in total. The number of aromatic nitrogens is 3. The summed E-state index contributed by atoms with van der Waals surface area (Å²) < 4.78 is 1.84. The summed E-state index contributed by atoms with van der Waals surface area (Å²) in [6, 6.07) is 9.81. The van der Waals surface area contributed by atoms with Crippen molar-refractivity contribution in [3.8, 4) is 11.3 Å². The van der Waals surface area contributed by atoms with Gasteiger partial charge in [0.15, 0.2) is 6.29 Å². The third kappa shape index (κ3) is 1.50. The van der Waals surface area contributed by atoms with Gasteiger partial charge in [-0.1, -0.05) is 30.3 Å². The van der Waals surface area contributed by atoms with Crippen molar-refractivity contribution in [1.29, 1.82) is 0 Å². The fraction of sp³-hybridized carbons (Fsp3) is 0.0714. The number of fused-ring (bicyclic) bond motifs is 1. The molecule has 0 aliphatic carbocycles. The number of carbonyl (C=O) groups excluding carboxylic acids is 1. The zero-order valence-electron chi connectivity index (χ0n) is 9.87.